The number of benzene rings is 1. The van der Waals surface area contributed by atoms with Crippen LogP contribution in [0, 0.1) is 5.92 Å². The number of hydrogen-bond donors (Lipinski definition) is 2. The van der Waals surface area contributed by atoms with Crippen molar-refractivity contribution in [2.24, 2.45) is 5.92 Å². The highest BCUT2D eigenvalue weighted by Gasteiger charge is 2.19. The smallest absolute Gasteiger partial charge is 0.00206 e. The van der Waals surface area contributed by atoms with E-state index in [0.29, 0.717) is 17.8 Å². The van der Waals surface area contributed by atoms with Crippen molar-refractivity contribution < 1.29 is 0 Å². The molecular formula is C16H26N2. The predicted octanol–water partition coefficient (Wildman–Crippen LogP) is 2.72. The van der Waals surface area contributed by atoms with Gasteiger partial charge in [0, 0.05) is 13.1 Å². The molecule has 1 aliphatic heterocycles. The first-order valence-corrected chi connectivity index (χ1v) is 7.17. The highest BCUT2D eigenvalue weighted by molar-refractivity contribution is 5.30. The van der Waals surface area contributed by atoms with Crippen LogP contribution in [0.2, 0.25) is 0 Å². The summed E-state index contributed by atoms with van der Waals surface area (Å²) >= 11 is 0. The average molecular weight is 246 g/mol. The molecule has 0 saturated carbocycles. The maximum absolute atomic E-state index is 3.46. The van der Waals surface area contributed by atoms with Gasteiger partial charge in [0.15, 0.2) is 0 Å². The maximum atomic E-state index is 3.46. The van der Waals surface area contributed by atoms with E-state index in [2.05, 4.69) is 48.7 Å². The van der Waals surface area contributed by atoms with Crippen LogP contribution in [0.1, 0.15) is 43.2 Å². The van der Waals surface area contributed by atoms with Crippen LogP contribution in [-0.4, -0.2) is 26.7 Å². The molecule has 1 heterocycles. The lowest BCUT2D eigenvalue weighted by molar-refractivity contribution is 0.478. The molecule has 0 aliphatic carbocycles. The van der Waals surface area contributed by atoms with E-state index in [9.17, 15) is 0 Å². The van der Waals surface area contributed by atoms with Gasteiger partial charge >= 0.3 is 0 Å². The van der Waals surface area contributed by atoms with Gasteiger partial charge in [-0.15, -0.1) is 0 Å². The quantitative estimate of drug-likeness (QED) is 0.835. The Labute approximate surface area is 111 Å². The van der Waals surface area contributed by atoms with Gasteiger partial charge in [0.05, 0.1) is 0 Å². The maximum Gasteiger partial charge on any atom is 0.00206 e. The minimum Gasteiger partial charge on any atom is -0.319 e. The Morgan fingerprint density at radius 1 is 1.39 bits per heavy atom. The van der Waals surface area contributed by atoms with E-state index in [4.69, 9.17) is 0 Å². The zero-order valence-electron chi connectivity index (χ0n) is 11.9. The van der Waals surface area contributed by atoms with Crippen LogP contribution in [0.3, 0.4) is 0 Å². The summed E-state index contributed by atoms with van der Waals surface area (Å²) in [5, 5.41) is 6.78. The minimum absolute atomic E-state index is 0.615. The van der Waals surface area contributed by atoms with E-state index in [1.54, 1.807) is 0 Å². The first-order valence-electron chi connectivity index (χ1n) is 7.17. The summed E-state index contributed by atoms with van der Waals surface area (Å²) in [4.78, 5) is 0. The zero-order chi connectivity index (χ0) is 13.0. The molecule has 2 nitrogen and oxygen atoms in total. The van der Waals surface area contributed by atoms with Gasteiger partial charge in [0.25, 0.3) is 0 Å². The van der Waals surface area contributed by atoms with E-state index in [-0.39, 0.29) is 0 Å². The van der Waals surface area contributed by atoms with Crippen molar-refractivity contribution >= 4 is 0 Å². The molecule has 0 amide bonds. The molecule has 1 aliphatic rings. The Morgan fingerprint density at radius 3 is 2.83 bits per heavy atom. The van der Waals surface area contributed by atoms with E-state index >= 15 is 0 Å². The second-order valence-corrected chi connectivity index (χ2v) is 5.77. The summed E-state index contributed by atoms with van der Waals surface area (Å²) in [6.45, 7) is 7.99. The van der Waals surface area contributed by atoms with Gasteiger partial charge in [-0.1, -0.05) is 38.1 Å². The molecule has 0 aromatic heterocycles. The summed E-state index contributed by atoms with van der Waals surface area (Å²) in [5.41, 5.74) is 3.00. The van der Waals surface area contributed by atoms with Crippen LogP contribution in [0.5, 0.6) is 0 Å². The molecule has 18 heavy (non-hydrogen) atoms. The highest BCUT2D eigenvalue weighted by Crippen LogP contribution is 2.28. The third-order valence-corrected chi connectivity index (χ3v) is 4.10. The topological polar surface area (TPSA) is 24.1 Å². The van der Waals surface area contributed by atoms with Gasteiger partial charge in [-0.25, -0.2) is 0 Å². The first-order chi connectivity index (χ1) is 8.72. The second kappa shape index (κ2) is 6.35. The van der Waals surface area contributed by atoms with Gasteiger partial charge in [0.1, 0.15) is 0 Å². The third-order valence-electron chi connectivity index (χ3n) is 4.10. The first kappa shape index (κ1) is 13.6. The molecule has 1 aromatic carbocycles. The molecule has 2 unspecified atom stereocenters. The summed E-state index contributed by atoms with van der Waals surface area (Å²) in [6.07, 6.45) is 1.28. The molecule has 0 spiro atoms. The molecular weight excluding hydrogens is 220 g/mol. The molecule has 2 atom stereocenters. The van der Waals surface area contributed by atoms with E-state index in [0.717, 1.165) is 13.1 Å². The minimum atomic E-state index is 0.615. The third kappa shape index (κ3) is 3.12. The fraction of sp³-hybridized carbons (Fsp3) is 0.625. The Balaban J connectivity index is 2.18. The molecule has 0 bridgehead atoms. The zero-order valence-corrected chi connectivity index (χ0v) is 11.9. The summed E-state index contributed by atoms with van der Waals surface area (Å²) in [7, 11) is 2.04. The number of nitrogens with one attached hydrogen (secondary N) is 2. The van der Waals surface area contributed by atoms with Crippen LogP contribution in [-0.2, 0) is 0 Å². The Bertz CT molecular complexity index is 367. The lowest BCUT2D eigenvalue weighted by Crippen LogP contribution is -2.21. The van der Waals surface area contributed by atoms with Gasteiger partial charge in [0.2, 0.25) is 0 Å². The van der Waals surface area contributed by atoms with Gasteiger partial charge in [-0.05, 0) is 48.9 Å². The predicted molar refractivity (Wildman–Crippen MR) is 78.2 cm³/mol. The molecule has 1 fully saturated rings. The summed E-state index contributed by atoms with van der Waals surface area (Å²) in [6, 6.07) is 9.24. The van der Waals surface area contributed by atoms with Crippen molar-refractivity contribution in [2.45, 2.75) is 32.1 Å². The largest absolute Gasteiger partial charge is 0.319 e. The molecule has 1 saturated heterocycles. The molecule has 2 heteroatoms. The van der Waals surface area contributed by atoms with Crippen molar-refractivity contribution in [3.63, 3.8) is 0 Å². The molecule has 1 aromatic rings. The monoisotopic (exact) mass is 246 g/mol. The summed E-state index contributed by atoms with van der Waals surface area (Å²) < 4.78 is 0. The molecule has 2 rings (SSSR count). The molecule has 0 radical (unpaired) electrons. The normalized spacial score (nSPS) is 21.4. The van der Waals surface area contributed by atoms with E-state index in [1.165, 1.54) is 24.1 Å². The van der Waals surface area contributed by atoms with Crippen molar-refractivity contribution in [1.82, 2.24) is 10.6 Å². The van der Waals surface area contributed by atoms with Gasteiger partial charge < -0.3 is 10.6 Å². The average Bonchev–Trinajstić information content (AvgIpc) is 2.89. The number of rotatable bonds is 5. The van der Waals surface area contributed by atoms with Crippen LogP contribution >= 0.6 is 0 Å². The SMILES string of the molecule is CNCC(c1cccc(C2CCNC2)c1)C(C)C. The lowest BCUT2D eigenvalue weighted by Gasteiger charge is -2.22. The van der Waals surface area contributed by atoms with Crippen molar-refractivity contribution in [3.05, 3.63) is 35.4 Å². The fourth-order valence-electron chi connectivity index (χ4n) is 2.94. The van der Waals surface area contributed by atoms with Crippen molar-refractivity contribution in [1.29, 1.82) is 0 Å². The lowest BCUT2D eigenvalue weighted by atomic mass is 9.86. The Kier molecular flexibility index (Phi) is 4.79. The fourth-order valence-corrected chi connectivity index (χ4v) is 2.94. The van der Waals surface area contributed by atoms with E-state index in [1.807, 2.05) is 7.05 Å². The van der Waals surface area contributed by atoms with Crippen molar-refractivity contribution in [3.8, 4) is 0 Å². The number of hydrogen-bond acceptors (Lipinski definition) is 2. The van der Waals surface area contributed by atoms with Gasteiger partial charge in [-0.3, -0.25) is 0 Å². The van der Waals surface area contributed by atoms with E-state index < -0.39 is 0 Å². The Hall–Kier alpha value is -0.860. The summed E-state index contributed by atoms with van der Waals surface area (Å²) in [5.74, 6) is 2.01. The standard InChI is InChI=1S/C16H26N2/c1-12(2)16(11-17-3)14-6-4-5-13(9-14)15-7-8-18-10-15/h4-6,9,12,15-18H,7-8,10-11H2,1-3H3. The highest BCUT2D eigenvalue weighted by atomic mass is 14.9. The van der Waals surface area contributed by atoms with Gasteiger partial charge in [-0.2, -0.15) is 0 Å². The van der Waals surface area contributed by atoms with Crippen LogP contribution in [0.4, 0.5) is 0 Å². The number of likely N-dealkylation sites (N-methyl/N-ethyl adjacent to an activating group) is 1. The molecule has 2 N–H and O–H groups in total. The van der Waals surface area contributed by atoms with Crippen molar-refractivity contribution in [2.75, 3.05) is 26.7 Å². The Morgan fingerprint density at radius 2 is 2.22 bits per heavy atom. The van der Waals surface area contributed by atoms with Crippen LogP contribution < -0.4 is 10.6 Å². The molecule has 100 valence electrons. The van der Waals surface area contributed by atoms with Crippen LogP contribution in [0.25, 0.3) is 0 Å². The van der Waals surface area contributed by atoms with Crippen LogP contribution in [0.15, 0.2) is 24.3 Å². The second-order valence-electron chi connectivity index (χ2n) is 5.77.